The van der Waals surface area contributed by atoms with Gasteiger partial charge in [0.2, 0.25) is 11.8 Å². The molecule has 0 saturated carbocycles. The standard InChI is InChI=1S/C29H37F4N3O5/c1-40-17-20-8-9-35-27(38)6-3-7-28(39)36-25(13-21-11-23(30)14-24(12-21)41-18-20)26(37)16-34-15-19-4-2-5-22(10-19)29(31,32)33/h2,4-5,10-12,14,20,25-26,34,37H,3,6-9,13,15-18H2,1H3,(H,35,38)(H,36,39). The Morgan fingerprint density at radius 2 is 1.93 bits per heavy atom. The Balaban J connectivity index is 1.73. The van der Waals surface area contributed by atoms with Crippen molar-refractivity contribution in [2.75, 3.05) is 33.4 Å². The van der Waals surface area contributed by atoms with Gasteiger partial charge in [-0.15, -0.1) is 0 Å². The average Bonchev–Trinajstić information content (AvgIpc) is 2.90. The van der Waals surface area contributed by atoms with E-state index in [4.69, 9.17) is 9.47 Å². The highest BCUT2D eigenvalue weighted by Crippen LogP contribution is 2.29. The molecule has 0 saturated heterocycles. The average molecular weight is 584 g/mol. The molecule has 3 atom stereocenters. The molecule has 1 aliphatic heterocycles. The van der Waals surface area contributed by atoms with E-state index in [9.17, 15) is 32.3 Å². The predicted octanol–water partition coefficient (Wildman–Crippen LogP) is 3.35. The van der Waals surface area contributed by atoms with E-state index in [1.165, 1.54) is 24.3 Å². The van der Waals surface area contributed by atoms with Crippen LogP contribution in [-0.4, -0.2) is 62.5 Å². The maximum absolute atomic E-state index is 14.5. The second kappa shape index (κ2) is 15.7. The third kappa shape index (κ3) is 11.3. The van der Waals surface area contributed by atoms with Gasteiger partial charge in [0, 0.05) is 51.6 Å². The highest BCUT2D eigenvalue weighted by molar-refractivity contribution is 5.79. The fourth-order valence-corrected chi connectivity index (χ4v) is 4.58. The minimum atomic E-state index is -4.47. The predicted molar refractivity (Wildman–Crippen MR) is 144 cm³/mol. The van der Waals surface area contributed by atoms with Gasteiger partial charge in [-0.3, -0.25) is 9.59 Å². The summed E-state index contributed by atoms with van der Waals surface area (Å²) in [6.45, 7) is 1.02. The molecule has 4 N–H and O–H groups in total. The lowest BCUT2D eigenvalue weighted by Crippen LogP contribution is -2.48. The monoisotopic (exact) mass is 583 g/mol. The van der Waals surface area contributed by atoms with Gasteiger partial charge in [0.1, 0.15) is 11.6 Å². The summed E-state index contributed by atoms with van der Waals surface area (Å²) in [7, 11) is 1.56. The van der Waals surface area contributed by atoms with Crippen LogP contribution >= 0.6 is 0 Å². The Bertz CT molecular complexity index is 1150. The van der Waals surface area contributed by atoms with Gasteiger partial charge in [0.15, 0.2) is 0 Å². The zero-order valence-corrected chi connectivity index (χ0v) is 22.9. The first kappa shape index (κ1) is 32.3. The molecule has 1 heterocycles. The lowest BCUT2D eigenvalue weighted by atomic mass is 10.00. The second-order valence-corrected chi connectivity index (χ2v) is 10.2. The number of hydrogen-bond donors (Lipinski definition) is 4. The number of carbonyl (C=O) groups excluding carboxylic acids is 2. The van der Waals surface area contributed by atoms with Crippen LogP contribution in [0.15, 0.2) is 42.5 Å². The van der Waals surface area contributed by atoms with Crippen molar-refractivity contribution in [3.63, 3.8) is 0 Å². The van der Waals surface area contributed by atoms with E-state index in [1.54, 1.807) is 13.2 Å². The summed E-state index contributed by atoms with van der Waals surface area (Å²) in [5.41, 5.74) is 0.0813. The summed E-state index contributed by atoms with van der Waals surface area (Å²) >= 11 is 0. The quantitative estimate of drug-likeness (QED) is 0.373. The highest BCUT2D eigenvalue weighted by Gasteiger charge is 2.30. The van der Waals surface area contributed by atoms with Crippen LogP contribution in [0, 0.1) is 11.7 Å². The number of halogens is 4. The second-order valence-electron chi connectivity index (χ2n) is 10.2. The Morgan fingerprint density at radius 3 is 2.68 bits per heavy atom. The molecule has 41 heavy (non-hydrogen) atoms. The van der Waals surface area contributed by atoms with Gasteiger partial charge in [-0.1, -0.05) is 18.2 Å². The van der Waals surface area contributed by atoms with Gasteiger partial charge in [-0.2, -0.15) is 13.2 Å². The van der Waals surface area contributed by atoms with E-state index < -0.39 is 35.6 Å². The molecular formula is C29H37F4N3O5. The van der Waals surface area contributed by atoms with Crippen LogP contribution in [0.4, 0.5) is 17.6 Å². The molecule has 226 valence electrons. The third-order valence-electron chi connectivity index (χ3n) is 6.70. The number of carbonyl (C=O) groups is 2. The molecule has 12 heteroatoms. The number of alkyl halides is 3. The molecule has 3 unspecified atom stereocenters. The summed E-state index contributed by atoms with van der Waals surface area (Å²) < 4.78 is 64.7. The van der Waals surface area contributed by atoms with Crippen LogP contribution in [0.25, 0.3) is 0 Å². The van der Waals surface area contributed by atoms with E-state index >= 15 is 0 Å². The molecular weight excluding hydrogens is 546 g/mol. The SMILES string of the molecule is COCC1CCNC(=O)CCCC(=O)NC(C(O)CNCc2cccc(C(F)(F)F)c2)Cc2cc(F)cc(c2)OC1. The number of amides is 2. The minimum Gasteiger partial charge on any atom is -0.493 e. The van der Waals surface area contributed by atoms with Gasteiger partial charge in [0.25, 0.3) is 0 Å². The number of fused-ring (bicyclic) bond motifs is 2. The van der Waals surface area contributed by atoms with Crippen molar-refractivity contribution >= 4 is 11.8 Å². The fourth-order valence-electron chi connectivity index (χ4n) is 4.58. The van der Waals surface area contributed by atoms with Gasteiger partial charge >= 0.3 is 6.18 Å². The zero-order chi connectivity index (χ0) is 29.8. The van der Waals surface area contributed by atoms with Crippen LogP contribution in [0.3, 0.4) is 0 Å². The lowest BCUT2D eigenvalue weighted by Gasteiger charge is -2.25. The first-order chi connectivity index (χ1) is 19.5. The van der Waals surface area contributed by atoms with E-state index in [-0.39, 0.29) is 56.5 Å². The van der Waals surface area contributed by atoms with Gasteiger partial charge in [0.05, 0.1) is 30.9 Å². The number of aliphatic hydroxyl groups is 1. The van der Waals surface area contributed by atoms with Crippen LogP contribution in [-0.2, 0) is 33.5 Å². The molecule has 3 rings (SSSR count). The number of nitrogens with one attached hydrogen (secondary N) is 3. The molecule has 0 aliphatic carbocycles. The molecule has 2 bridgehead atoms. The Morgan fingerprint density at radius 1 is 1.15 bits per heavy atom. The van der Waals surface area contributed by atoms with Crippen molar-refractivity contribution in [1.82, 2.24) is 16.0 Å². The molecule has 2 amide bonds. The number of benzene rings is 2. The summed E-state index contributed by atoms with van der Waals surface area (Å²) in [5, 5.41) is 19.5. The summed E-state index contributed by atoms with van der Waals surface area (Å²) in [6, 6.07) is 8.16. The Kier molecular flexibility index (Phi) is 12.4. The van der Waals surface area contributed by atoms with Crippen molar-refractivity contribution in [1.29, 1.82) is 0 Å². The minimum absolute atomic E-state index is 0.0398. The normalized spacial score (nSPS) is 20.3. The van der Waals surface area contributed by atoms with Gasteiger partial charge < -0.3 is 30.5 Å². The van der Waals surface area contributed by atoms with Crippen molar-refractivity contribution in [3.05, 3.63) is 65.0 Å². The lowest BCUT2D eigenvalue weighted by molar-refractivity contribution is -0.137. The summed E-state index contributed by atoms with van der Waals surface area (Å²) in [6.07, 6.45) is -4.49. The van der Waals surface area contributed by atoms with Crippen LogP contribution < -0.4 is 20.7 Å². The Hall–Kier alpha value is -3.22. The van der Waals surface area contributed by atoms with Crippen LogP contribution in [0.2, 0.25) is 0 Å². The first-order valence-corrected chi connectivity index (χ1v) is 13.6. The van der Waals surface area contributed by atoms with E-state index in [0.29, 0.717) is 37.1 Å². The fraction of sp³-hybridized carbons (Fsp3) is 0.517. The van der Waals surface area contributed by atoms with E-state index in [0.717, 1.165) is 12.1 Å². The number of methoxy groups -OCH3 is 1. The summed E-state index contributed by atoms with van der Waals surface area (Å²) in [5.74, 6) is -0.909. The van der Waals surface area contributed by atoms with Gasteiger partial charge in [-0.05, 0) is 48.6 Å². The molecule has 0 radical (unpaired) electrons. The van der Waals surface area contributed by atoms with Gasteiger partial charge in [-0.25, -0.2) is 4.39 Å². The van der Waals surface area contributed by atoms with Crippen molar-refractivity contribution in [2.45, 2.75) is 57.0 Å². The zero-order valence-electron chi connectivity index (χ0n) is 22.9. The maximum Gasteiger partial charge on any atom is 0.416 e. The number of ether oxygens (including phenoxy) is 2. The highest BCUT2D eigenvalue weighted by atomic mass is 19.4. The van der Waals surface area contributed by atoms with E-state index in [2.05, 4.69) is 16.0 Å². The maximum atomic E-state index is 14.5. The van der Waals surface area contributed by atoms with Crippen molar-refractivity contribution in [2.24, 2.45) is 5.92 Å². The van der Waals surface area contributed by atoms with Crippen LogP contribution in [0.5, 0.6) is 5.75 Å². The number of aliphatic hydroxyl groups excluding tert-OH is 1. The van der Waals surface area contributed by atoms with Crippen molar-refractivity contribution < 1.29 is 41.7 Å². The molecule has 0 fully saturated rings. The first-order valence-electron chi connectivity index (χ1n) is 13.6. The molecule has 0 aromatic heterocycles. The Labute approximate surface area is 236 Å². The van der Waals surface area contributed by atoms with Crippen molar-refractivity contribution in [3.8, 4) is 5.75 Å². The molecule has 2 aromatic carbocycles. The molecule has 8 nitrogen and oxygen atoms in total. The molecule has 2 aromatic rings. The van der Waals surface area contributed by atoms with E-state index in [1.807, 2.05) is 0 Å². The molecule has 1 aliphatic rings. The topological polar surface area (TPSA) is 109 Å². The smallest absolute Gasteiger partial charge is 0.416 e. The largest absolute Gasteiger partial charge is 0.493 e. The van der Waals surface area contributed by atoms with Crippen LogP contribution in [0.1, 0.15) is 42.4 Å². The molecule has 0 spiro atoms. The summed E-state index contributed by atoms with van der Waals surface area (Å²) in [4.78, 5) is 24.9. The number of rotatable bonds is 7. The third-order valence-corrected chi connectivity index (χ3v) is 6.70. The number of hydrogen-bond acceptors (Lipinski definition) is 6.